The van der Waals surface area contributed by atoms with Crippen molar-refractivity contribution >= 4 is 5.97 Å². The maximum Gasteiger partial charge on any atom is 0.358 e. The van der Waals surface area contributed by atoms with E-state index in [0.29, 0.717) is 0 Å². The number of halogens is 1. The predicted octanol–water partition coefficient (Wildman–Crippen LogP) is 2.36. The lowest BCUT2D eigenvalue weighted by molar-refractivity contribution is 0.0691. The summed E-state index contributed by atoms with van der Waals surface area (Å²) in [6.45, 7) is 0. The third-order valence-corrected chi connectivity index (χ3v) is 2.71. The van der Waals surface area contributed by atoms with Gasteiger partial charge >= 0.3 is 5.97 Å². The van der Waals surface area contributed by atoms with Gasteiger partial charge in [0.15, 0.2) is 5.76 Å². The smallest absolute Gasteiger partial charge is 0.358 e. The Labute approximate surface area is 112 Å². The van der Waals surface area contributed by atoms with Crippen LogP contribution >= 0.6 is 0 Å². The monoisotopic (exact) mass is 273 g/mol. The van der Waals surface area contributed by atoms with Crippen LogP contribution in [-0.4, -0.2) is 26.1 Å². The van der Waals surface area contributed by atoms with Gasteiger partial charge in [0, 0.05) is 0 Å². The molecule has 0 atom stereocenters. The molecular formula is C13H8FN3O3. The lowest BCUT2D eigenvalue weighted by Gasteiger charge is -2.05. The van der Waals surface area contributed by atoms with E-state index in [1.165, 1.54) is 24.5 Å². The summed E-state index contributed by atoms with van der Waals surface area (Å²) in [6, 6.07) is 9.03. The number of furan rings is 1. The van der Waals surface area contributed by atoms with Gasteiger partial charge in [0.1, 0.15) is 17.2 Å². The van der Waals surface area contributed by atoms with Crippen molar-refractivity contribution in [2.75, 3.05) is 0 Å². The van der Waals surface area contributed by atoms with Crippen molar-refractivity contribution < 1.29 is 18.7 Å². The minimum Gasteiger partial charge on any atom is -0.476 e. The Morgan fingerprint density at radius 2 is 2.05 bits per heavy atom. The number of aromatic nitrogens is 3. The zero-order valence-corrected chi connectivity index (χ0v) is 10.0. The number of carboxylic acid groups (broad SMARTS) is 1. The highest BCUT2D eigenvalue weighted by Crippen LogP contribution is 2.26. The summed E-state index contributed by atoms with van der Waals surface area (Å²) < 4.78 is 20.1. The van der Waals surface area contributed by atoms with Crippen molar-refractivity contribution in [1.82, 2.24) is 15.0 Å². The molecule has 0 saturated carbocycles. The first-order valence-electron chi connectivity index (χ1n) is 5.66. The van der Waals surface area contributed by atoms with Gasteiger partial charge in [0.25, 0.3) is 0 Å². The maximum absolute atomic E-state index is 13.8. The van der Waals surface area contributed by atoms with Crippen LogP contribution in [-0.2, 0) is 0 Å². The molecule has 1 aromatic carbocycles. The van der Waals surface area contributed by atoms with Crippen LogP contribution in [0.4, 0.5) is 4.39 Å². The average molecular weight is 273 g/mol. The van der Waals surface area contributed by atoms with Crippen molar-refractivity contribution in [2.45, 2.75) is 0 Å². The summed E-state index contributed by atoms with van der Waals surface area (Å²) >= 11 is 0. The molecule has 0 spiro atoms. The van der Waals surface area contributed by atoms with Crippen LogP contribution in [0.25, 0.3) is 17.1 Å². The van der Waals surface area contributed by atoms with Crippen molar-refractivity contribution in [1.29, 1.82) is 0 Å². The number of aromatic carboxylic acids is 1. The molecule has 0 aliphatic carbocycles. The molecule has 20 heavy (non-hydrogen) atoms. The van der Waals surface area contributed by atoms with Gasteiger partial charge in [-0.25, -0.2) is 13.9 Å². The Morgan fingerprint density at radius 3 is 2.70 bits per heavy atom. The number of nitrogens with zero attached hydrogens (tertiary/aromatic N) is 3. The highest BCUT2D eigenvalue weighted by molar-refractivity contribution is 5.92. The molecule has 0 aliphatic rings. The van der Waals surface area contributed by atoms with Crippen molar-refractivity contribution in [3.05, 3.63) is 54.2 Å². The van der Waals surface area contributed by atoms with Crippen LogP contribution in [0.3, 0.4) is 0 Å². The average Bonchev–Trinajstić information content (AvgIpc) is 3.07. The molecule has 0 bridgehead atoms. The predicted molar refractivity (Wildman–Crippen MR) is 66.0 cm³/mol. The first-order chi connectivity index (χ1) is 9.68. The minimum atomic E-state index is -1.26. The first kappa shape index (κ1) is 12.1. The molecule has 0 amide bonds. The van der Waals surface area contributed by atoms with Crippen LogP contribution < -0.4 is 0 Å². The quantitative estimate of drug-likeness (QED) is 0.792. The highest BCUT2D eigenvalue weighted by atomic mass is 19.1. The summed E-state index contributed by atoms with van der Waals surface area (Å²) in [7, 11) is 0. The fourth-order valence-corrected chi connectivity index (χ4v) is 1.85. The molecule has 0 saturated heterocycles. The van der Waals surface area contributed by atoms with Crippen LogP contribution in [0, 0.1) is 5.82 Å². The number of rotatable bonds is 3. The highest BCUT2D eigenvalue weighted by Gasteiger charge is 2.24. The first-order valence-corrected chi connectivity index (χ1v) is 5.66. The fraction of sp³-hybridized carbons (Fsp3) is 0. The standard InChI is InChI=1S/C13H8FN3O3/c14-8-4-1-2-5-9(8)17-12(10-6-3-7-20-10)11(13(18)19)15-16-17/h1-7H,(H,18,19). The Hall–Kier alpha value is -2.96. The molecule has 3 aromatic rings. The number of hydrogen-bond acceptors (Lipinski definition) is 4. The lowest BCUT2D eigenvalue weighted by atomic mass is 10.2. The van der Waals surface area contributed by atoms with Crippen molar-refractivity contribution in [3.63, 3.8) is 0 Å². The van der Waals surface area contributed by atoms with E-state index in [1.807, 2.05) is 0 Å². The second kappa shape index (κ2) is 4.61. The summed E-state index contributed by atoms with van der Waals surface area (Å²) in [5.74, 6) is -1.56. The van der Waals surface area contributed by atoms with Gasteiger partial charge in [0.2, 0.25) is 5.69 Å². The lowest BCUT2D eigenvalue weighted by Crippen LogP contribution is -2.04. The normalized spacial score (nSPS) is 10.7. The van der Waals surface area contributed by atoms with Crippen molar-refractivity contribution in [3.8, 4) is 17.1 Å². The van der Waals surface area contributed by atoms with Crippen molar-refractivity contribution in [2.24, 2.45) is 0 Å². The Balaban J connectivity index is 2.28. The van der Waals surface area contributed by atoms with Gasteiger partial charge < -0.3 is 9.52 Å². The zero-order chi connectivity index (χ0) is 14.1. The van der Waals surface area contributed by atoms with E-state index < -0.39 is 11.8 Å². The van der Waals surface area contributed by atoms with Gasteiger partial charge in [0.05, 0.1) is 6.26 Å². The number of hydrogen-bond donors (Lipinski definition) is 1. The molecule has 6 nitrogen and oxygen atoms in total. The second-order valence-electron chi connectivity index (χ2n) is 3.93. The van der Waals surface area contributed by atoms with E-state index in [-0.39, 0.29) is 22.8 Å². The second-order valence-corrected chi connectivity index (χ2v) is 3.93. The van der Waals surface area contributed by atoms with Gasteiger partial charge in [-0.3, -0.25) is 0 Å². The van der Waals surface area contributed by atoms with Gasteiger partial charge in [-0.2, -0.15) is 0 Å². The van der Waals surface area contributed by atoms with E-state index in [1.54, 1.807) is 18.2 Å². The van der Waals surface area contributed by atoms with Gasteiger partial charge in [-0.1, -0.05) is 17.3 Å². The topological polar surface area (TPSA) is 81.1 Å². The van der Waals surface area contributed by atoms with Crippen LogP contribution in [0.15, 0.2) is 47.1 Å². The van der Waals surface area contributed by atoms with Gasteiger partial charge in [-0.15, -0.1) is 5.10 Å². The minimum absolute atomic E-state index is 0.0904. The SMILES string of the molecule is O=C(O)c1nnn(-c2ccccc2F)c1-c1ccco1. The summed E-state index contributed by atoms with van der Waals surface area (Å²) in [5.41, 5.74) is -0.116. The number of benzene rings is 1. The number of para-hydroxylation sites is 1. The third kappa shape index (κ3) is 1.85. The Kier molecular flexibility index (Phi) is 2.79. The van der Waals surface area contributed by atoms with E-state index in [9.17, 15) is 9.18 Å². The van der Waals surface area contributed by atoms with E-state index >= 15 is 0 Å². The van der Waals surface area contributed by atoms with Crippen LogP contribution in [0.5, 0.6) is 0 Å². The molecule has 3 rings (SSSR count). The Bertz CT molecular complexity index is 765. The number of carboxylic acids is 1. The molecule has 2 aromatic heterocycles. The van der Waals surface area contributed by atoms with E-state index in [0.717, 1.165) is 4.68 Å². The van der Waals surface area contributed by atoms with Crippen LogP contribution in [0.2, 0.25) is 0 Å². The number of carbonyl (C=O) groups is 1. The van der Waals surface area contributed by atoms with Gasteiger partial charge in [-0.05, 0) is 24.3 Å². The molecule has 7 heteroatoms. The van der Waals surface area contributed by atoms with E-state index in [4.69, 9.17) is 9.52 Å². The molecule has 0 fully saturated rings. The summed E-state index contributed by atoms with van der Waals surface area (Å²) in [5, 5.41) is 16.4. The zero-order valence-electron chi connectivity index (χ0n) is 10.0. The molecule has 0 radical (unpaired) electrons. The molecule has 100 valence electrons. The molecule has 0 unspecified atom stereocenters. The van der Waals surface area contributed by atoms with E-state index in [2.05, 4.69) is 10.3 Å². The van der Waals surface area contributed by atoms with Crippen LogP contribution in [0.1, 0.15) is 10.5 Å². The molecule has 2 heterocycles. The largest absolute Gasteiger partial charge is 0.476 e. The Morgan fingerprint density at radius 1 is 1.25 bits per heavy atom. The summed E-state index contributed by atoms with van der Waals surface area (Å²) in [4.78, 5) is 11.2. The fourth-order valence-electron chi connectivity index (χ4n) is 1.85. The molecular weight excluding hydrogens is 265 g/mol. The third-order valence-electron chi connectivity index (χ3n) is 2.71. The maximum atomic E-state index is 13.8. The summed E-state index contributed by atoms with van der Waals surface area (Å²) in [6.07, 6.45) is 1.39. The molecule has 0 aliphatic heterocycles. The molecule has 1 N–H and O–H groups in total.